The van der Waals surface area contributed by atoms with Gasteiger partial charge in [-0.25, -0.2) is 0 Å². The summed E-state index contributed by atoms with van der Waals surface area (Å²) < 4.78 is 0. The highest BCUT2D eigenvalue weighted by atomic mass is 16.4. The number of hydrogen-bond acceptors (Lipinski definition) is 4. The number of carbonyl (C=O) groups excluding carboxylic acids is 2. The molecule has 3 rings (SSSR count). The molecule has 2 unspecified atom stereocenters. The van der Waals surface area contributed by atoms with E-state index in [1.807, 2.05) is 4.90 Å². The Morgan fingerprint density at radius 2 is 1.95 bits per heavy atom. The molecule has 0 aromatic rings. The molecule has 2 amide bonds. The molecule has 19 heavy (non-hydrogen) atoms. The molecule has 3 aliphatic rings. The SMILES string of the molecule is CC(C(=O)O)C1CN(C2CC(=O)N(C3CC3)C2=O)C1. The molecule has 2 heterocycles. The minimum Gasteiger partial charge on any atom is -0.481 e. The predicted molar refractivity (Wildman–Crippen MR) is 65.1 cm³/mol. The van der Waals surface area contributed by atoms with Gasteiger partial charge in [0.15, 0.2) is 0 Å². The Hall–Kier alpha value is -1.43. The molecule has 0 bridgehead atoms. The van der Waals surface area contributed by atoms with E-state index in [1.165, 1.54) is 4.90 Å². The van der Waals surface area contributed by atoms with Crippen molar-refractivity contribution in [3.05, 3.63) is 0 Å². The Morgan fingerprint density at radius 3 is 2.47 bits per heavy atom. The molecule has 6 heteroatoms. The summed E-state index contributed by atoms with van der Waals surface area (Å²) in [4.78, 5) is 38.3. The first kappa shape index (κ1) is 12.6. The molecule has 6 nitrogen and oxygen atoms in total. The summed E-state index contributed by atoms with van der Waals surface area (Å²) in [6.07, 6.45) is 2.13. The predicted octanol–water partition coefficient (Wildman–Crippen LogP) is -0.0712. The molecule has 2 aliphatic heterocycles. The minimum absolute atomic E-state index is 0.0627. The number of likely N-dealkylation sites (tertiary alicyclic amines) is 2. The van der Waals surface area contributed by atoms with Gasteiger partial charge in [0.25, 0.3) is 0 Å². The first-order valence-corrected chi connectivity index (χ1v) is 6.81. The van der Waals surface area contributed by atoms with E-state index in [0.29, 0.717) is 13.1 Å². The largest absolute Gasteiger partial charge is 0.481 e. The van der Waals surface area contributed by atoms with Gasteiger partial charge in [0.05, 0.1) is 18.4 Å². The van der Waals surface area contributed by atoms with Crippen LogP contribution in [0.5, 0.6) is 0 Å². The van der Waals surface area contributed by atoms with E-state index in [9.17, 15) is 14.4 Å². The van der Waals surface area contributed by atoms with Gasteiger partial charge in [-0.15, -0.1) is 0 Å². The van der Waals surface area contributed by atoms with E-state index in [4.69, 9.17) is 5.11 Å². The van der Waals surface area contributed by atoms with Crippen molar-refractivity contribution in [1.82, 2.24) is 9.80 Å². The smallest absolute Gasteiger partial charge is 0.306 e. The monoisotopic (exact) mass is 266 g/mol. The fraction of sp³-hybridized carbons (Fsp3) is 0.769. The van der Waals surface area contributed by atoms with Crippen LogP contribution in [0.1, 0.15) is 26.2 Å². The van der Waals surface area contributed by atoms with Crippen molar-refractivity contribution in [3.8, 4) is 0 Å². The van der Waals surface area contributed by atoms with Crippen molar-refractivity contribution in [2.45, 2.75) is 38.3 Å². The average Bonchev–Trinajstić information content (AvgIpc) is 3.05. The highest BCUT2D eigenvalue weighted by Gasteiger charge is 2.50. The van der Waals surface area contributed by atoms with Crippen molar-refractivity contribution < 1.29 is 19.5 Å². The number of rotatable bonds is 4. The Kier molecular flexibility index (Phi) is 2.85. The van der Waals surface area contributed by atoms with Crippen LogP contribution in [-0.4, -0.2) is 57.9 Å². The molecule has 0 aromatic carbocycles. The van der Waals surface area contributed by atoms with E-state index in [-0.39, 0.29) is 42.2 Å². The van der Waals surface area contributed by atoms with Crippen LogP contribution in [0, 0.1) is 11.8 Å². The van der Waals surface area contributed by atoms with Gasteiger partial charge in [-0.1, -0.05) is 6.92 Å². The standard InChI is InChI=1S/C13H18N2O4/c1-7(13(18)19)8-5-14(6-8)10-4-11(16)15(12(10)17)9-2-3-9/h7-10H,2-6H2,1H3,(H,18,19). The third kappa shape index (κ3) is 2.04. The second kappa shape index (κ2) is 4.30. The molecule has 1 saturated carbocycles. The topological polar surface area (TPSA) is 77.9 Å². The molecule has 2 saturated heterocycles. The van der Waals surface area contributed by atoms with Crippen molar-refractivity contribution in [1.29, 1.82) is 0 Å². The number of carboxylic acid groups (broad SMARTS) is 1. The molecule has 1 aliphatic carbocycles. The van der Waals surface area contributed by atoms with Gasteiger partial charge < -0.3 is 5.11 Å². The first-order valence-electron chi connectivity index (χ1n) is 6.81. The van der Waals surface area contributed by atoms with Crippen LogP contribution in [0.25, 0.3) is 0 Å². The zero-order chi connectivity index (χ0) is 13.7. The molecule has 104 valence electrons. The van der Waals surface area contributed by atoms with Crippen LogP contribution in [0.4, 0.5) is 0 Å². The lowest BCUT2D eigenvalue weighted by Gasteiger charge is -2.43. The van der Waals surface area contributed by atoms with E-state index in [1.54, 1.807) is 6.92 Å². The first-order chi connectivity index (χ1) is 8.99. The third-order valence-corrected chi connectivity index (χ3v) is 4.55. The number of amides is 2. The Labute approximate surface area is 111 Å². The van der Waals surface area contributed by atoms with E-state index in [0.717, 1.165) is 12.8 Å². The Morgan fingerprint density at radius 1 is 1.32 bits per heavy atom. The van der Waals surface area contributed by atoms with Gasteiger partial charge in [0.1, 0.15) is 0 Å². The minimum atomic E-state index is -0.793. The average molecular weight is 266 g/mol. The zero-order valence-electron chi connectivity index (χ0n) is 10.9. The van der Waals surface area contributed by atoms with Crippen LogP contribution in [0.2, 0.25) is 0 Å². The zero-order valence-corrected chi connectivity index (χ0v) is 10.9. The normalized spacial score (nSPS) is 30.6. The maximum absolute atomic E-state index is 12.2. The van der Waals surface area contributed by atoms with Gasteiger partial charge in [-0.2, -0.15) is 0 Å². The summed E-state index contributed by atoms with van der Waals surface area (Å²) in [6.45, 7) is 2.91. The van der Waals surface area contributed by atoms with Crippen LogP contribution < -0.4 is 0 Å². The lowest BCUT2D eigenvalue weighted by atomic mass is 9.86. The molecule has 2 atom stereocenters. The molecule has 1 N–H and O–H groups in total. The van der Waals surface area contributed by atoms with Crippen molar-refractivity contribution >= 4 is 17.8 Å². The van der Waals surface area contributed by atoms with Crippen LogP contribution in [0.3, 0.4) is 0 Å². The summed E-state index contributed by atoms with van der Waals surface area (Å²) >= 11 is 0. The Bertz CT molecular complexity index is 440. The van der Waals surface area contributed by atoms with Gasteiger partial charge in [-0.3, -0.25) is 24.2 Å². The summed E-state index contributed by atoms with van der Waals surface area (Å²) in [5.41, 5.74) is 0. The maximum atomic E-state index is 12.2. The molecular weight excluding hydrogens is 248 g/mol. The van der Waals surface area contributed by atoms with Gasteiger partial charge in [-0.05, 0) is 18.8 Å². The fourth-order valence-electron chi connectivity index (χ4n) is 2.96. The number of carbonyl (C=O) groups is 3. The van der Waals surface area contributed by atoms with Crippen LogP contribution in [0.15, 0.2) is 0 Å². The maximum Gasteiger partial charge on any atom is 0.306 e. The Balaban J connectivity index is 1.59. The van der Waals surface area contributed by atoms with Crippen LogP contribution >= 0.6 is 0 Å². The van der Waals surface area contributed by atoms with Crippen molar-refractivity contribution in [3.63, 3.8) is 0 Å². The van der Waals surface area contributed by atoms with Gasteiger partial charge in [0, 0.05) is 19.1 Å². The third-order valence-electron chi connectivity index (χ3n) is 4.55. The van der Waals surface area contributed by atoms with Crippen LogP contribution in [-0.2, 0) is 14.4 Å². The van der Waals surface area contributed by atoms with Crippen molar-refractivity contribution in [2.24, 2.45) is 11.8 Å². The summed E-state index contributed by atoms with van der Waals surface area (Å²) in [7, 11) is 0. The lowest BCUT2D eigenvalue weighted by Crippen LogP contribution is -2.57. The quantitative estimate of drug-likeness (QED) is 0.721. The van der Waals surface area contributed by atoms with Gasteiger partial charge in [0.2, 0.25) is 11.8 Å². The number of nitrogens with zero attached hydrogens (tertiary/aromatic N) is 2. The van der Waals surface area contributed by atoms with E-state index < -0.39 is 5.97 Å². The summed E-state index contributed by atoms with van der Waals surface area (Å²) in [5, 5.41) is 8.94. The number of hydrogen-bond donors (Lipinski definition) is 1. The number of aliphatic carboxylic acids is 1. The molecule has 0 radical (unpaired) electrons. The second-order valence-corrected chi connectivity index (χ2v) is 5.89. The molecular formula is C13H18N2O4. The summed E-state index contributed by atoms with van der Waals surface area (Å²) in [6, 6.07) is -0.203. The fourth-order valence-corrected chi connectivity index (χ4v) is 2.96. The van der Waals surface area contributed by atoms with Crippen molar-refractivity contribution in [2.75, 3.05) is 13.1 Å². The summed E-state index contributed by atoms with van der Waals surface area (Å²) in [5.74, 6) is -1.22. The van der Waals surface area contributed by atoms with E-state index >= 15 is 0 Å². The highest BCUT2D eigenvalue weighted by Crippen LogP contribution is 2.35. The number of carboxylic acids is 1. The number of imide groups is 1. The molecule has 0 aromatic heterocycles. The highest BCUT2D eigenvalue weighted by molar-refractivity contribution is 6.06. The molecule has 0 spiro atoms. The second-order valence-electron chi connectivity index (χ2n) is 5.89. The van der Waals surface area contributed by atoms with E-state index in [2.05, 4.69) is 0 Å². The molecule has 3 fully saturated rings. The lowest BCUT2D eigenvalue weighted by molar-refractivity contribution is -0.147. The van der Waals surface area contributed by atoms with Gasteiger partial charge >= 0.3 is 5.97 Å².